The summed E-state index contributed by atoms with van der Waals surface area (Å²) in [6.45, 7) is 4.76. The standard InChI is InChI=1S/C51H99N2O6P/c1-6-8-10-12-14-16-18-19-20-21-22-23-24-25-26-27-28-29-30-31-32-33-35-36-38-40-42-44-50(54)49(48-59-60(56,57)58-47-46-53(3,4)5)52-51(55)45-43-41-39-37-34-17-15-13-11-9-7-2/h13,15,35-36,42,44,49-50,54H,6-12,14,16-34,37-41,43,45-48H2,1-5H3,(H-,52,55,56,57)/p+1/b15-13-,36-35+,44-42+. The van der Waals surface area contributed by atoms with Crippen molar-refractivity contribution in [2.75, 3.05) is 40.9 Å². The molecule has 60 heavy (non-hydrogen) atoms. The lowest BCUT2D eigenvalue weighted by Gasteiger charge is -2.25. The number of unbranched alkanes of at least 4 members (excludes halogenated alkanes) is 29. The maximum atomic E-state index is 12.8. The molecule has 354 valence electrons. The lowest BCUT2D eigenvalue weighted by molar-refractivity contribution is -0.870. The molecular formula is C51H100N2O6P+. The van der Waals surface area contributed by atoms with Gasteiger partial charge in [-0.05, 0) is 51.4 Å². The lowest BCUT2D eigenvalue weighted by atomic mass is 10.0. The van der Waals surface area contributed by atoms with Crippen LogP contribution in [0, 0.1) is 0 Å². The van der Waals surface area contributed by atoms with E-state index in [1.54, 1.807) is 6.08 Å². The van der Waals surface area contributed by atoms with E-state index in [1.165, 1.54) is 161 Å². The van der Waals surface area contributed by atoms with Crippen LogP contribution in [-0.2, 0) is 18.4 Å². The van der Waals surface area contributed by atoms with Gasteiger partial charge in [0, 0.05) is 6.42 Å². The van der Waals surface area contributed by atoms with Gasteiger partial charge in [0.15, 0.2) is 0 Å². The van der Waals surface area contributed by atoms with Gasteiger partial charge in [-0.25, -0.2) is 4.57 Å². The van der Waals surface area contributed by atoms with E-state index in [1.807, 2.05) is 27.2 Å². The Balaban J connectivity index is 4.22. The van der Waals surface area contributed by atoms with Crippen molar-refractivity contribution >= 4 is 13.7 Å². The van der Waals surface area contributed by atoms with Crippen LogP contribution in [-0.4, -0.2) is 73.4 Å². The minimum absolute atomic E-state index is 0.0546. The summed E-state index contributed by atoms with van der Waals surface area (Å²) in [6, 6.07) is -0.865. The number of allylic oxidation sites excluding steroid dienone is 5. The summed E-state index contributed by atoms with van der Waals surface area (Å²) in [5.74, 6) is -0.197. The fourth-order valence-corrected chi connectivity index (χ4v) is 8.01. The van der Waals surface area contributed by atoms with Gasteiger partial charge in [-0.2, -0.15) is 0 Å². The molecule has 9 heteroatoms. The first-order chi connectivity index (χ1) is 29.0. The molecule has 0 aliphatic rings. The second-order valence-corrected chi connectivity index (χ2v) is 20.0. The number of carbonyl (C=O) groups is 1. The van der Waals surface area contributed by atoms with Crippen LogP contribution in [0.1, 0.15) is 232 Å². The summed E-state index contributed by atoms with van der Waals surface area (Å²) >= 11 is 0. The van der Waals surface area contributed by atoms with Gasteiger partial charge in [0.25, 0.3) is 0 Å². The summed E-state index contributed by atoms with van der Waals surface area (Å²) in [6.07, 6.45) is 53.9. The number of phosphoric acid groups is 1. The molecule has 3 N–H and O–H groups in total. The second kappa shape index (κ2) is 43.0. The fraction of sp³-hybridized carbons (Fsp3) is 0.863. The third-order valence-corrected chi connectivity index (χ3v) is 12.3. The Kier molecular flexibility index (Phi) is 42.1. The van der Waals surface area contributed by atoms with E-state index in [-0.39, 0.29) is 19.1 Å². The molecule has 0 aromatic heterocycles. The van der Waals surface area contributed by atoms with Crippen LogP contribution in [0.5, 0.6) is 0 Å². The average molecular weight is 868 g/mol. The number of carbonyl (C=O) groups excluding carboxylic acids is 1. The molecule has 0 saturated carbocycles. The van der Waals surface area contributed by atoms with E-state index in [0.29, 0.717) is 17.4 Å². The van der Waals surface area contributed by atoms with Gasteiger partial charge in [-0.3, -0.25) is 13.8 Å². The highest BCUT2D eigenvalue weighted by molar-refractivity contribution is 7.47. The van der Waals surface area contributed by atoms with Gasteiger partial charge in [0.1, 0.15) is 13.2 Å². The zero-order valence-corrected chi connectivity index (χ0v) is 41.1. The van der Waals surface area contributed by atoms with Crippen molar-refractivity contribution in [2.45, 2.75) is 244 Å². The number of hydrogen-bond acceptors (Lipinski definition) is 5. The highest BCUT2D eigenvalue weighted by atomic mass is 31.2. The molecule has 1 amide bonds. The SMILES string of the molecule is CCCC/C=C\CCCCCCCC(=O)NC(COP(=O)(O)OCC[N+](C)(C)C)C(O)/C=C/CC/C=C/CCCCCCCCCCCCCCCCCCCCCCC. The number of nitrogens with one attached hydrogen (secondary N) is 1. The van der Waals surface area contributed by atoms with Crippen molar-refractivity contribution in [3.63, 3.8) is 0 Å². The smallest absolute Gasteiger partial charge is 0.387 e. The number of aliphatic hydroxyl groups is 1. The number of quaternary nitrogens is 1. The Labute approximate surface area is 372 Å². The molecule has 8 nitrogen and oxygen atoms in total. The summed E-state index contributed by atoms with van der Waals surface area (Å²) < 4.78 is 23.6. The van der Waals surface area contributed by atoms with Gasteiger partial charge < -0.3 is 19.8 Å². The highest BCUT2D eigenvalue weighted by Gasteiger charge is 2.27. The van der Waals surface area contributed by atoms with Crippen LogP contribution in [0.2, 0.25) is 0 Å². The van der Waals surface area contributed by atoms with Crippen molar-refractivity contribution in [2.24, 2.45) is 0 Å². The molecule has 3 unspecified atom stereocenters. The van der Waals surface area contributed by atoms with Gasteiger partial charge in [0.05, 0.1) is 39.9 Å². The molecule has 3 atom stereocenters. The molecule has 0 heterocycles. The van der Waals surface area contributed by atoms with E-state index < -0.39 is 20.0 Å². The van der Waals surface area contributed by atoms with E-state index in [9.17, 15) is 19.4 Å². The molecule has 0 saturated heterocycles. The van der Waals surface area contributed by atoms with Gasteiger partial charge in [0.2, 0.25) is 5.91 Å². The van der Waals surface area contributed by atoms with Crippen molar-refractivity contribution in [3.8, 4) is 0 Å². The van der Waals surface area contributed by atoms with Crippen molar-refractivity contribution in [1.82, 2.24) is 5.32 Å². The van der Waals surface area contributed by atoms with Crippen molar-refractivity contribution in [3.05, 3.63) is 36.5 Å². The van der Waals surface area contributed by atoms with Crippen molar-refractivity contribution in [1.29, 1.82) is 0 Å². The van der Waals surface area contributed by atoms with E-state index in [4.69, 9.17) is 9.05 Å². The van der Waals surface area contributed by atoms with Crippen LogP contribution >= 0.6 is 7.82 Å². The van der Waals surface area contributed by atoms with E-state index in [0.717, 1.165) is 51.4 Å². The van der Waals surface area contributed by atoms with Gasteiger partial charge in [-0.15, -0.1) is 0 Å². The molecule has 0 aromatic rings. The quantitative estimate of drug-likeness (QED) is 0.0244. The molecular weight excluding hydrogens is 768 g/mol. The van der Waals surface area contributed by atoms with Crippen LogP contribution in [0.3, 0.4) is 0 Å². The Hall–Kier alpha value is -1.28. The Bertz CT molecular complexity index is 1070. The Morgan fingerprint density at radius 1 is 0.550 bits per heavy atom. The number of nitrogens with zero attached hydrogens (tertiary/aromatic N) is 1. The second-order valence-electron chi connectivity index (χ2n) is 18.5. The first-order valence-corrected chi connectivity index (χ1v) is 26.9. The zero-order valence-electron chi connectivity index (χ0n) is 40.2. The van der Waals surface area contributed by atoms with Gasteiger partial charge in [-0.1, -0.05) is 211 Å². The first-order valence-electron chi connectivity index (χ1n) is 25.4. The predicted molar refractivity (Wildman–Crippen MR) is 258 cm³/mol. The summed E-state index contributed by atoms with van der Waals surface area (Å²) in [5.41, 5.74) is 0. The lowest BCUT2D eigenvalue weighted by Crippen LogP contribution is -2.45. The monoisotopic (exact) mass is 868 g/mol. The number of rotatable bonds is 46. The average Bonchev–Trinajstić information content (AvgIpc) is 3.20. The number of hydrogen-bond donors (Lipinski definition) is 3. The summed E-state index contributed by atoms with van der Waals surface area (Å²) in [5, 5.41) is 13.8. The normalized spacial score (nSPS) is 14.4. The van der Waals surface area contributed by atoms with E-state index in [2.05, 4.69) is 43.5 Å². The molecule has 0 fully saturated rings. The molecule has 0 aliphatic heterocycles. The number of amides is 1. The molecule has 0 aliphatic carbocycles. The Morgan fingerprint density at radius 3 is 1.38 bits per heavy atom. The van der Waals surface area contributed by atoms with Gasteiger partial charge >= 0.3 is 7.82 Å². The molecule has 0 bridgehead atoms. The molecule has 0 rings (SSSR count). The maximum Gasteiger partial charge on any atom is 0.472 e. The number of likely N-dealkylation sites (N-methyl/N-ethyl adjacent to an activating group) is 1. The van der Waals surface area contributed by atoms with Crippen LogP contribution in [0.15, 0.2) is 36.5 Å². The van der Waals surface area contributed by atoms with Crippen LogP contribution < -0.4 is 5.32 Å². The minimum Gasteiger partial charge on any atom is -0.387 e. The summed E-state index contributed by atoms with van der Waals surface area (Å²) in [4.78, 5) is 23.1. The zero-order chi connectivity index (χ0) is 44.3. The molecule has 0 spiro atoms. The summed E-state index contributed by atoms with van der Waals surface area (Å²) in [7, 11) is 1.55. The highest BCUT2D eigenvalue weighted by Crippen LogP contribution is 2.43. The Morgan fingerprint density at radius 2 is 0.933 bits per heavy atom. The minimum atomic E-state index is -4.35. The van der Waals surface area contributed by atoms with Crippen LogP contribution in [0.25, 0.3) is 0 Å². The third-order valence-electron chi connectivity index (χ3n) is 11.3. The number of phosphoric ester groups is 1. The molecule has 0 aromatic carbocycles. The third kappa shape index (κ3) is 44.8. The van der Waals surface area contributed by atoms with Crippen molar-refractivity contribution < 1.29 is 32.9 Å². The first kappa shape index (κ1) is 58.7. The maximum absolute atomic E-state index is 12.8. The topological polar surface area (TPSA) is 105 Å². The fourth-order valence-electron chi connectivity index (χ4n) is 7.27. The predicted octanol–water partition coefficient (Wildman–Crippen LogP) is 14.6. The number of aliphatic hydroxyl groups excluding tert-OH is 1. The van der Waals surface area contributed by atoms with E-state index >= 15 is 0 Å². The largest absolute Gasteiger partial charge is 0.472 e. The molecule has 0 radical (unpaired) electrons. The van der Waals surface area contributed by atoms with Crippen LogP contribution in [0.4, 0.5) is 0 Å².